The lowest BCUT2D eigenvalue weighted by atomic mass is 10.2. The molecule has 0 fully saturated rings. The standard InChI is InChI=1S/C12H20N2O/c1-3-14(8-10(2)15)9-11-5-4-6-12(13)7-11/h4-7,10,15H,3,8-9,13H2,1-2H3. The van der Waals surface area contributed by atoms with Gasteiger partial charge in [-0.25, -0.2) is 0 Å². The lowest BCUT2D eigenvalue weighted by molar-refractivity contribution is 0.126. The molecule has 0 aliphatic rings. The Morgan fingerprint density at radius 2 is 2.20 bits per heavy atom. The van der Waals surface area contributed by atoms with E-state index in [1.807, 2.05) is 25.1 Å². The maximum atomic E-state index is 9.32. The Morgan fingerprint density at radius 3 is 2.73 bits per heavy atom. The van der Waals surface area contributed by atoms with Crippen LogP contribution in [-0.2, 0) is 6.54 Å². The fraction of sp³-hybridized carbons (Fsp3) is 0.500. The number of nitrogen functional groups attached to an aromatic ring is 1. The van der Waals surface area contributed by atoms with E-state index < -0.39 is 0 Å². The van der Waals surface area contributed by atoms with Gasteiger partial charge in [0, 0.05) is 18.8 Å². The highest BCUT2D eigenvalue weighted by Gasteiger charge is 2.06. The number of nitrogens with zero attached hydrogens (tertiary/aromatic N) is 1. The minimum Gasteiger partial charge on any atom is -0.399 e. The zero-order valence-electron chi connectivity index (χ0n) is 9.48. The van der Waals surface area contributed by atoms with Gasteiger partial charge in [-0.05, 0) is 31.2 Å². The van der Waals surface area contributed by atoms with Crippen molar-refractivity contribution in [2.24, 2.45) is 0 Å². The van der Waals surface area contributed by atoms with Crippen molar-refractivity contribution in [1.82, 2.24) is 4.90 Å². The maximum absolute atomic E-state index is 9.32. The van der Waals surface area contributed by atoms with Crippen LogP contribution in [-0.4, -0.2) is 29.2 Å². The Hall–Kier alpha value is -1.06. The largest absolute Gasteiger partial charge is 0.399 e. The van der Waals surface area contributed by atoms with Crippen LogP contribution < -0.4 is 5.73 Å². The molecule has 0 aliphatic heterocycles. The minimum absolute atomic E-state index is 0.286. The fourth-order valence-electron chi connectivity index (χ4n) is 1.63. The number of anilines is 1. The first-order valence-electron chi connectivity index (χ1n) is 5.36. The molecule has 0 saturated carbocycles. The van der Waals surface area contributed by atoms with Crippen molar-refractivity contribution in [1.29, 1.82) is 0 Å². The molecule has 0 heterocycles. The number of benzene rings is 1. The summed E-state index contributed by atoms with van der Waals surface area (Å²) in [6.45, 7) is 6.37. The van der Waals surface area contributed by atoms with Gasteiger partial charge in [0.2, 0.25) is 0 Å². The molecule has 0 amide bonds. The number of likely N-dealkylation sites (N-methyl/N-ethyl adjacent to an activating group) is 1. The Bertz CT molecular complexity index is 299. The molecular formula is C12H20N2O. The second-order valence-corrected chi connectivity index (χ2v) is 3.92. The molecule has 84 valence electrons. The van der Waals surface area contributed by atoms with Crippen LogP contribution in [0.3, 0.4) is 0 Å². The Morgan fingerprint density at radius 1 is 1.47 bits per heavy atom. The average Bonchev–Trinajstić information content (AvgIpc) is 2.16. The van der Waals surface area contributed by atoms with E-state index in [2.05, 4.69) is 17.9 Å². The molecule has 1 atom stereocenters. The van der Waals surface area contributed by atoms with Gasteiger partial charge in [-0.3, -0.25) is 4.90 Å². The van der Waals surface area contributed by atoms with Gasteiger partial charge in [0.25, 0.3) is 0 Å². The van der Waals surface area contributed by atoms with Gasteiger partial charge >= 0.3 is 0 Å². The monoisotopic (exact) mass is 208 g/mol. The highest BCUT2D eigenvalue weighted by Crippen LogP contribution is 2.09. The smallest absolute Gasteiger partial charge is 0.0639 e. The minimum atomic E-state index is -0.286. The highest BCUT2D eigenvalue weighted by molar-refractivity contribution is 5.40. The molecule has 3 nitrogen and oxygen atoms in total. The molecule has 1 unspecified atom stereocenters. The molecule has 1 aromatic carbocycles. The molecule has 1 rings (SSSR count). The van der Waals surface area contributed by atoms with Crippen LogP contribution in [0.5, 0.6) is 0 Å². The van der Waals surface area contributed by atoms with E-state index in [4.69, 9.17) is 5.73 Å². The molecule has 0 aliphatic carbocycles. The van der Waals surface area contributed by atoms with E-state index in [0.717, 1.165) is 18.8 Å². The summed E-state index contributed by atoms with van der Waals surface area (Å²) in [5.41, 5.74) is 7.69. The summed E-state index contributed by atoms with van der Waals surface area (Å²) in [4.78, 5) is 2.19. The van der Waals surface area contributed by atoms with Crippen molar-refractivity contribution >= 4 is 5.69 Å². The van der Waals surface area contributed by atoms with Gasteiger partial charge in [-0.15, -0.1) is 0 Å². The molecule has 1 aromatic rings. The third kappa shape index (κ3) is 4.32. The van der Waals surface area contributed by atoms with Crippen molar-refractivity contribution in [2.45, 2.75) is 26.5 Å². The van der Waals surface area contributed by atoms with Crippen LogP contribution in [0, 0.1) is 0 Å². The SMILES string of the molecule is CCN(Cc1cccc(N)c1)CC(C)O. The molecule has 0 radical (unpaired) electrons. The second kappa shape index (κ2) is 5.73. The number of hydrogen-bond acceptors (Lipinski definition) is 3. The Kier molecular flexibility index (Phi) is 4.59. The summed E-state index contributed by atoms with van der Waals surface area (Å²) in [5, 5.41) is 9.32. The number of aliphatic hydroxyl groups excluding tert-OH is 1. The van der Waals surface area contributed by atoms with E-state index in [9.17, 15) is 5.11 Å². The number of aliphatic hydroxyl groups is 1. The molecule has 0 spiro atoms. The van der Waals surface area contributed by atoms with Gasteiger partial charge in [0.1, 0.15) is 0 Å². The van der Waals surface area contributed by atoms with Crippen molar-refractivity contribution in [3.8, 4) is 0 Å². The van der Waals surface area contributed by atoms with E-state index in [-0.39, 0.29) is 6.10 Å². The Balaban J connectivity index is 2.58. The first-order chi connectivity index (χ1) is 7.11. The van der Waals surface area contributed by atoms with Crippen LogP contribution >= 0.6 is 0 Å². The molecule has 15 heavy (non-hydrogen) atoms. The molecule has 0 aromatic heterocycles. The first-order valence-corrected chi connectivity index (χ1v) is 5.36. The summed E-state index contributed by atoms with van der Waals surface area (Å²) < 4.78 is 0. The van der Waals surface area contributed by atoms with Gasteiger partial charge in [-0.1, -0.05) is 19.1 Å². The van der Waals surface area contributed by atoms with Crippen LogP contribution in [0.15, 0.2) is 24.3 Å². The lowest BCUT2D eigenvalue weighted by Crippen LogP contribution is -2.30. The average molecular weight is 208 g/mol. The Labute approximate surface area is 91.5 Å². The topological polar surface area (TPSA) is 49.5 Å². The van der Waals surface area contributed by atoms with Crippen molar-refractivity contribution in [3.63, 3.8) is 0 Å². The molecule has 0 bridgehead atoms. The predicted molar refractivity (Wildman–Crippen MR) is 63.5 cm³/mol. The molecule has 0 saturated heterocycles. The van der Waals surface area contributed by atoms with Crippen LogP contribution in [0.4, 0.5) is 5.69 Å². The summed E-state index contributed by atoms with van der Waals surface area (Å²) in [6, 6.07) is 7.88. The van der Waals surface area contributed by atoms with Crippen LogP contribution in [0.25, 0.3) is 0 Å². The maximum Gasteiger partial charge on any atom is 0.0639 e. The van der Waals surface area contributed by atoms with Gasteiger partial charge < -0.3 is 10.8 Å². The lowest BCUT2D eigenvalue weighted by Gasteiger charge is -2.22. The van der Waals surface area contributed by atoms with Crippen molar-refractivity contribution in [3.05, 3.63) is 29.8 Å². The number of nitrogens with two attached hydrogens (primary N) is 1. The van der Waals surface area contributed by atoms with E-state index in [0.29, 0.717) is 6.54 Å². The van der Waals surface area contributed by atoms with Gasteiger partial charge in [0.05, 0.1) is 6.10 Å². The highest BCUT2D eigenvalue weighted by atomic mass is 16.3. The van der Waals surface area contributed by atoms with Crippen LogP contribution in [0.1, 0.15) is 19.4 Å². The molecular weight excluding hydrogens is 188 g/mol. The third-order valence-electron chi connectivity index (χ3n) is 2.33. The van der Waals surface area contributed by atoms with E-state index in [1.165, 1.54) is 5.56 Å². The van der Waals surface area contributed by atoms with Crippen molar-refractivity contribution < 1.29 is 5.11 Å². The van der Waals surface area contributed by atoms with Crippen molar-refractivity contribution in [2.75, 3.05) is 18.8 Å². The van der Waals surface area contributed by atoms with E-state index in [1.54, 1.807) is 0 Å². The number of rotatable bonds is 5. The predicted octanol–water partition coefficient (Wildman–Crippen LogP) is 1.47. The molecule has 3 heteroatoms. The third-order valence-corrected chi connectivity index (χ3v) is 2.33. The molecule has 3 N–H and O–H groups in total. The van der Waals surface area contributed by atoms with Gasteiger partial charge in [0.15, 0.2) is 0 Å². The van der Waals surface area contributed by atoms with Gasteiger partial charge in [-0.2, -0.15) is 0 Å². The summed E-state index contributed by atoms with van der Waals surface area (Å²) in [5.74, 6) is 0. The first kappa shape index (κ1) is 12.0. The van der Waals surface area contributed by atoms with Crippen LogP contribution in [0.2, 0.25) is 0 Å². The summed E-state index contributed by atoms with van der Waals surface area (Å²) in [6.07, 6.45) is -0.286. The number of hydrogen-bond donors (Lipinski definition) is 2. The fourth-order valence-corrected chi connectivity index (χ4v) is 1.63. The summed E-state index contributed by atoms with van der Waals surface area (Å²) >= 11 is 0. The normalized spacial score (nSPS) is 13.1. The zero-order valence-corrected chi connectivity index (χ0v) is 9.48. The quantitative estimate of drug-likeness (QED) is 0.720. The summed E-state index contributed by atoms with van der Waals surface area (Å²) in [7, 11) is 0. The van der Waals surface area contributed by atoms with E-state index >= 15 is 0 Å². The second-order valence-electron chi connectivity index (χ2n) is 3.92. The zero-order chi connectivity index (χ0) is 11.3.